The topological polar surface area (TPSA) is 81.7 Å². The maximum atomic E-state index is 11.7. The molecule has 25 heavy (non-hydrogen) atoms. The third-order valence-corrected chi connectivity index (χ3v) is 3.43. The standard InChI is InChI=1S/C18H16ClNO5/c1-12(21)13-6-8-14(9-7-13)20-17(22)10-25-18(23)11-24-16-5-3-2-4-15(16)19/h2-9H,10-11H2,1H3,(H,20,22). The van der Waals surface area contributed by atoms with Crippen molar-refractivity contribution in [1.29, 1.82) is 0 Å². The molecule has 0 aromatic heterocycles. The Labute approximate surface area is 149 Å². The Balaban J connectivity index is 1.74. The molecule has 2 rings (SSSR count). The number of halogens is 1. The summed E-state index contributed by atoms with van der Waals surface area (Å²) in [5.74, 6) is -0.898. The van der Waals surface area contributed by atoms with E-state index in [0.717, 1.165) is 0 Å². The predicted molar refractivity (Wildman–Crippen MR) is 93.0 cm³/mol. The fourth-order valence-electron chi connectivity index (χ4n) is 1.87. The fraction of sp³-hybridized carbons (Fsp3) is 0.167. The van der Waals surface area contributed by atoms with Gasteiger partial charge in [-0.3, -0.25) is 9.59 Å². The van der Waals surface area contributed by atoms with E-state index in [4.69, 9.17) is 21.1 Å². The maximum absolute atomic E-state index is 11.7. The number of carbonyl (C=O) groups is 3. The quantitative estimate of drug-likeness (QED) is 0.605. The second-order valence-electron chi connectivity index (χ2n) is 5.06. The second-order valence-corrected chi connectivity index (χ2v) is 5.47. The molecule has 0 spiro atoms. The Morgan fingerprint density at radius 2 is 1.68 bits per heavy atom. The SMILES string of the molecule is CC(=O)c1ccc(NC(=O)COC(=O)COc2ccccc2Cl)cc1. The molecule has 0 unspecified atom stereocenters. The molecule has 130 valence electrons. The van der Waals surface area contributed by atoms with Gasteiger partial charge in [-0.25, -0.2) is 4.79 Å². The number of benzene rings is 2. The third-order valence-electron chi connectivity index (χ3n) is 3.12. The summed E-state index contributed by atoms with van der Waals surface area (Å²) >= 11 is 5.89. The van der Waals surface area contributed by atoms with Crippen LogP contribution in [-0.2, 0) is 14.3 Å². The summed E-state index contributed by atoms with van der Waals surface area (Å²) in [6.07, 6.45) is 0. The van der Waals surface area contributed by atoms with E-state index in [1.54, 1.807) is 48.5 Å². The van der Waals surface area contributed by atoms with Gasteiger partial charge in [0.25, 0.3) is 5.91 Å². The summed E-state index contributed by atoms with van der Waals surface area (Å²) < 4.78 is 10.0. The molecule has 0 aliphatic rings. The number of amides is 1. The Bertz CT molecular complexity index is 773. The first kappa shape index (κ1) is 18.5. The molecule has 0 atom stereocenters. The zero-order chi connectivity index (χ0) is 18.2. The summed E-state index contributed by atoms with van der Waals surface area (Å²) in [5.41, 5.74) is 1.04. The van der Waals surface area contributed by atoms with Crippen LogP contribution in [0.25, 0.3) is 0 Å². The lowest BCUT2D eigenvalue weighted by molar-refractivity contribution is -0.149. The number of carbonyl (C=O) groups excluding carboxylic acids is 3. The van der Waals surface area contributed by atoms with E-state index < -0.39 is 18.5 Å². The van der Waals surface area contributed by atoms with E-state index in [1.807, 2.05) is 0 Å². The van der Waals surface area contributed by atoms with E-state index in [-0.39, 0.29) is 12.4 Å². The molecular weight excluding hydrogens is 346 g/mol. The van der Waals surface area contributed by atoms with Crippen molar-refractivity contribution in [2.45, 2.75) is 6.92 Å². The average molecular weight is 362 g/mol. The number of rotatable bonds is 7. The lowest BCUT2D eigenvalue weighted by Crippen LogP contribution is -2.23. The van der Waals surface area contributed by atoms with Crippen molar-refractivity contribution in [2.24, 2.45) is 0 Å². The van der Waals surface area contributed by atoms with Crippen LogP contribution in [0.5, 0.6) is 5.75 Å². The second kappa shape index (κ2) is 8.84. The molecular formula is C18H16ClNO5. The van der Waals surface area contributed by atoms with Crippen LogP contribution in [0.15, 0.2) is 48.5 Å². The van der Waals surface area contributed by atoms with Crippen LogP contribution < -0.4 is 10.1 Å². The molecule has 0 radical (unpaired) electrons. The molecule has 0 heterocycles. The van der Waals surface area contributed by atoms with Crippen molar-refractivity contribution in [3.63, 3.8) is 0 Å². The van der Waals surface area contributed by atoms with Crippen molar-refractivity contribution < 1.29 is 23.9 Å². The van der Waals surface area contributed by atoms with Gasteiger partial charge in [0.05, 0.1) is 5.02 Å². The number of hydrogen-bond acceptors (Lipinski definition) is 5. The molecule has 0 saturated carbocycles. The van der Waals surface area contributed by atoms with Gasteiger partial charge in [-0.2, -0.15) is 0 Å². The van der Waals surface area contributed by atoms with Crippen molar-refractivity contribution in [2.75, 3.05) is 18.5 Å². The van der Waals surface area contributed by atoms with Crippen LogP contribution in [0, 0.1) is 0 Å². The zero-order valence-electron chi connectivity index (χ0n) is 13.5. The first-order chi connectivity index (χ1) is 12.0. The van der Waals surface area contributed by atoms with E-state index in [2.05, 4.69) is 5.32 Å². The first-order valence-corrected chi connectivity index (χ1v) is 7.77. The highest BCUT2D eigenvalue weighted by Gasteiger charge is 2.10. The number of esters is 1. The van der Waals surface area contributed by atoms with Gasteiger partial charge in [0.2, 0.25) is 0 Å². The van der Waals surface area contributed by atoms with E-state index in [1.165, 1.54) is 6.92 Å². The van der Waals surface area contributed by atoms with Gasteiger partial charge in [-0.15, -0.1) is 0 Å². The van der Waals surface area contributed by atoms with Crippen molar-refractivity contribution in [3.8, 4) is 5.75 Å². The lowest BCUT2D eigenvalue weighted by atomic mass is 10.1. The molecule has 0 fully saturated rings. The minimum absolute atomic E-state index is 0.0645. The summed E-state index contributed by atoms with van der Waals surface area (Å²) in [4.78, 5) is 34.5. The Morgan fingerprint density at radius 1 is 1.00 bits per heavy atom. The van der Waals surface area contributed by atoms with Gasteiger partial charge < -0.3 is 14.8 Å². The molecule has 0 bridgehead atoms. The summed E-state index contributed by atoms with van der Waals surface area (Å²) in [6.45, 7) is 0.654. The van der Waals surface area contributed by atoms with Crippen molar-refractivity contribution >= 4 is 34.9 Å². The highest BCUT2D eigenvalue weighted by molar-refractivity contribution is 6.32. The highest BCUT2D eigenvalue weighted by Crippen LogP contribution is 2.22. The molecule has 6 nitrogen and oxygen atoms in total. The van der Waals surface area contributed by atoms with Gasteiger partial charge in [-0.1, -0.05) is 23.7 Å². The number of ketones is 1. The van der Waals surface area contributed by atoms with Crippen molar-refractivity contribution in [1.82, 2.24) is 0 Å². The van der Waals surface area contributed by atoms with Crippen LogP contribution >= 0.6 is 11.6 Å². The first-order valence-electron chi connectivity index (χ1n) is 7.39. The van der Waals surface area contributed by atoms with Gasteiger partial charge in [0, 0.05) is 11.3 Å². The van der Waals surface area contributed by atoms with Crippen LogP contribution in [0.2, 0.25) is 5.02 Å². The average Bonchev–Trinajstić information content (AvgIpc) is 2.59. The molecule has 0 aliphatic carbocycles. The predicted octanol–water partition coefficient (Wildman–Crippen LogP) is 3.10. The van der Waals surface area contributed by atoms with Crippen LogP contribution in [0.4, 0.5) is 5.69 Å². The largest absolute Gasteiger partial charge is 0.480 e. The number of nitrogens with one attached hydrogen (secondary N) is 1. The minimum Gasteiger partial charge on any atom is -0.480 e. The third kappa shape index (κ3) is 5.93. The summed E-state index contributed by atoms with van der Waals surface area (Å²) in [6, 6.07) is 13.1. The van der Waals surface area contributed by atoms with Crippen molar-refractivity contribution in [3.05, 3.63) is 59.1 Å². The molecule has 1 N–H and O–H groups in total. The van der Waals surface area contributed by atoms with E-state index in [0.29, 0.717) is 22.0 Å². The monoisotopic (exact) mass is 361 g/mol. The zero-order valence-corrected chi connectivity index (χ0v) is 14.2. The van der Waals surface area contributed by atoms with Gasteiger partial charge in [0.1, 0.15) is 5.75 Å². The Kier molecular flexibility index (Phi) is 6.54. The smallest absolute Gasteiger partial charge is 0.344 e. The van der Waals surface area contributed by atoms with E-state index >= 15 is 0 Å². The maximum Gasteiger partial charge on any atom is 0.344 e. The van der Waals surface area contributed by atoms with Gasteiger partial charge in [0.15, 0.2) is 19.0 Å². The van der Waals surface area contributed by atoms with Crippen LogP contribution in [0.3, 0.4) is 0 Å². The Hall–Kier alpha value is -2.86. The number of hydrogen-bond donors (Lipinski definition) is 1. The fourth-order valence-corrected chi connectivity index (χ4v) is 2.06. The molecule has 1 amide bonds. The van der Waals surface area contributed by atoms with E-state index in [9.17, 15) is 14.4 Å². The minimum atomic E-state index is -0.693. The normalized spacial score (nSPS) is 10.0. The highest BCUT2D eigenvalue weighted by atomic mass is 35.5. The molecule has 7 heteroatoms. The lowest BCUT2D eigenvalue weighted by Gasteiger charge is -2.09. The number of anilines is 1. The van der Waals surface area contributed by atoms with Crippen LogP contribution in [-0.4, -0.2) is 30.9 Å². The Morgan fingerprint density at radius 3 is 2.32 bits per heavy atom. The number of para-hydroxylation sites is 1. The summed E-state index contributed by atoms with van der Waals surface area (Å²) in [5, 5.41) is 2.93. The van der Waals surface area contributed by atoms with Gasteiger partial charge >= 0.3 is 5.97 Å². The number of Topliss-reactive ketones (excluding diaryl/α,β-unsaturated/α-hetero) is 1. The molecule has 2 aromatic rings. The molecule has 0 aliphatic heterocycles. The number of ether oxygens (including phenoxy) is 2. The van der Waals surface area contributed by atoms with Gasteiger partial charge in [-0.05, 0) is 43.3 Å². The summed E-state index contributed by atoms with van der Waals surface area (Å²) in [7, 11) is 0. The molecule has 0 saturated heterocycles. The molecule has 2 aromatic carbocycles. The van der Waals surface area contributed by atoms with Crippen LogP contribution in [0.1, 0.15) is 17.3 Å².